The first kappa shape index (κ1) is 11.7. The molecule has 0 aliphatic rings. The van der Waals surface area contributed by atoms with E-state index in [1.54, 1.807) is 0 Å². The Morgan fingerprint density at radius 1 is 1.46 bits per heavy atom. The van der Waals surface area contributed by atoms with E-state index < -0.39 is 5.97 Å². The fourth-order valence-corrected chi connectivity index (χ4v) is 0.596. The van der Waals surface area contributed by atoms with Gasteiger partial charge >= 0.3 is 5.97 Å². The minimum Gasteiger partial charge on any atom is -0.463 e. The van der Waals surface area contributed by atoms with Gasteiger partial charge in [0.2, 0.25) is 0 Å². The van der Waals surface area contributed by atoms with Crippen LogP contribution < -0.4 is 0 Å². The molecule has 0 rings (SSSR count). The zero-order valence-corrected chi connectivity index (χ0v) is 7.60. The van der Waals surface area contributed by atoms with E-state index in [0.717, 1.165) is 6.42 Å². The van der Waals surface area contributed by atoms with Crippen molar-refractivity contribution in [1.82, 2.24) is 0 Å². The lowest BCUT2D eigenvalue weighted by Crippen LogP contribution is -2.12. The second-order valence-corrected chi connectivity index (χ2v) is 2.22. The first-order valence-corrected chi connectivity index (χ1v) is 4.05. The summed E-state index contributed by atoms with van der Waals surface area (Å²) in [6, 6.07) is 0. The van der Waals surface area contributed by atoms with Crippen LogP contribution in [0.25, 0.3) is 10.4 Å². The first-order chi connectivity index (χ1) is 6.31. The van der Waals surface area contributed by atoms with Crippen molar-refractivity contribution in [3.63, 3.8) is 0 Å². The molecule has 0 unspecified atom stereocenters. The van der Waals surface area contributed by atoms with Gasteiger partial charge in [0.15, 0.2) is 0 Å². The average Bonchev–Trinajstić information content (AvgIpc) is 2.14. The van der Waals surface area contributed by atoms with Gasteiger partial charge in [-0.05, 0) is 12.0 Å². The van der Waals surface area contributed by atoms with Crippen LogP contribution in [0.1, 0.15) is 13.3 Å². The lowest BCUT2D eigenvalue weighted by atomic mass is 10.5. The molecule has 0 radical (unpaired) electrons. The average molecular weight is 187 g/mol. The van der Waals surface area contributed by atoms with E-state index in [4.69, 9.17) is 10.3 Å². The lowest BCUT2D eigenvalue weighted by Gasteiger charge is -2.02. The Hall–Kier alpha value is -1.26. The van der Waals surface area contributed by atoms with E-state index >= 15 is 0 Å². The summed E-state index contributed by atoms with van der Waals surface area (Å²) in [5.74, 6) is -0.530. The van der Waals surface area contributed by atoms with E-state index in [2.05, 4.69) is 14.8 Å². The molecule has 74 valence electrons. The monoisotopic (exact) mass is 187 g/mol. The fourth-order valence-electron chi connectivity index (χ4n) is 0.596. The quantitative estimate of drug-likeness (QED) is 0.198. The Balaban J connectivity index is 3.21. The summed E-state index contributed by atoms with van der Waals surface area (Å²) in [6.45, 7) is 2.99. The Labute approximate surface area is 76.5 Å². The number of rotatable bonds is 7. The second kappa shape index (κ2) is 8.83. The van der Waals surface area contributed by atoms with Crippen LogP contribution in [0.3, 0.4) is 0 Å². The van der Waals surface area contributed by atoms with Crippen LogP contribution in [-0.2, 0) is 14.3 Å². The smallest absolute Gasteiger partial charge is 0.311 e. The van der Waals surface area contributed by atoms with Crippen molar-refractivity contribution in [1.29, 1.82) is 0 Å². The van der Waals surface area contributed by atoms with E-state index in [1.165, 1.54) is 0 Å². The number of esters is 1. The normalized spacial score (nSPS) is 9.00. The standard InChI is InChI=1S/C7H13N3O3/c1-2-3-12-4-5-13-7(11)6-9-10-8/h2-6H2,1H3. The highest BCUT2D eigenvalue weighted by molar-refractivity contribution is 5.71. The molecule has 0 saturated carbocycles. The molecule has 0 spiro atoms. The van der Waals surface area contributed by atoms with Gasteiger partial charge in [-0.25, -0.2) is 0 Å². The number of ether oxygens (including phenoxy) is 2. The fraction of sp³-hybridized carbons (Fsp3) is 0.857. The second-order valence-electron chi connectivity index (χ2n) is 2.22. The van der Waals surface area contributed by atoms with E-state index in [0.29, 0.717) is 13.2 Å². The van der Waals surface area contributed by atoms with Crippen LogP contribution in [0.2, 0.25) is 0 Å². The first-order valence-electron chi connectivity index (χ1n) is 4.05. The van der Waals surface area contributed by atoms with Crippen molar-refractivity contribution in [2.24, 2.45) is 5.11 Å². The van der Waals surface area contributed by atoms with Crippen LogP contribution >= 0.6 is 0 Å². The number of hydrogen-bond donors (Lipinski definition) is 0. The third kappa shape index (κ3) is 8.65. The third-order valence-electron chi connectivity index (χ3n) is 1.10. The van der Waals surface area contributed by atoms with Crippen molar-refractivity contribution < 1.29 is 14.3 Å². The van der Waals surface area contributed by atoms with Crippen LogP contribution in [-0.4, -0.2) is 32.3 Å². The Morgan fingerprint density at radius 2 is 2.23 bits per heavy atom. The van der Waals surface area contributed by atoms with Gasteiger partial charge in [-0.1, -0.05) is 12.0 Å². The molecule has 6 heteroatoms. The van der Waals surface area contributed by atoms with Crippen LogP contribution in [0.5, 0.6) is 0 Å². The molecule has 0 aromatic rings. The van der Waals surface area contributed by atoms with Crippen molar-refractivity contribution in [3.05, 3.63) is 10.4 Å². The van der Waals surface area contributed by atoms with Gasteiger partial charge in [-0.15, -0.1) is 0 Å². The molecule has 0 saturated heterocycles. The maximum Gasteiger partial charge on any atom is 0.311 e. The summed E-state index contributed by atoms with van der Waals surface area (Å²) in [5, 5.41) is 3.05. The number of nitrogens with zero attached hydrogens (tertiary/aromatic N) is 3. The topological polar surface area (TPSA) is 84.3 Å². The molecule has 0 aromatic heterocycles. The lowest BCUT2D eigenvalue weighted by molar-refractivity contribution is -0.143. The van der Waals surface area contributed by atoms with Gasteiger partial charge in [0.25, 0.3) is 0 Å². The highest BCUT2D eigenvalue weighted by Crippen LogP contribution is 1.84. The molecule has 0 aliphatic heterocycles. The highest BCUT2D eigenvalue weighted by atomic mass is 16.6. The summed E-state index contributed by atoms with van der Waals surface area (Å²) in [4.78, 5) is 13.1. The maximum absolute atomic E-state index is 10.7. The number of carbonyl (C=O) groups is 1. The highest BCUT2D eigenvalue weighted by Gasteiger charge is 1.98. The number of azide groups is 1. The maximum atomic E-state index is 10.7. The summed E-state index contributed by atoms with van der Waals surface area (Å²) in [5.41, 5.74) is 7.88. The van der Waals surface area contributed by atoms with Crippen LogP contribution in [0, 0.1) is 0 Å². The summed E-state index contributed by atoms with van der Waals surface area (Å²) >= 11 is 0. The Bertz CT molecular complexity index is 189. The zero-order chi connectivity index (χ0) is 9.94. The zero-order valence-electron chi connectivity index (χ0n) is 7.60. The van der Waals surface area contributed by atoms with Gasteiger partial charge in [0.1, 0.15) is 13.2 Å². The van der Waals surface area contributed by atoms with E-state index in [-0.39, 0.29) is 13.2 Å². The molecule has 6 nitrogen and oxygen atoms in total. The number of hydrogen-bond acceptors (Lipinski definition) is 4. The van der Waals surface area contributed by atoms with Gasteiger partial charge < -0.3 is 9.47 Å². The molecular weight excluding hydrogens is 174 g/mol. The molecule has 0 bridgehead atoms. The van der Waals surface area contributed by atoms with Crippen LogP contribution in [0.15, 0.2) is 5.11 Å². The van der Waals surface area contributed by atoms with Crippen molar-refractivity contribution in [3.8, 4) is 0 Å². The molecule has 0 heterocycles. The van der Waals surface area contributed by atoms with Crippen molar-refractivity contribution in [2.45, 2.75) is 13.3 Å². The van der Waals surface area contributed by atoms with E-state index in [9.17, 15) is 4.79 Å². The van der Waals surface area contributed by atoms with Crippen LogP contribution in [0.4, 0.5) is 0 Å². The van der Waals surface area contributed by atoms with Gasteiger partial charge in [-0.3, -0.25) is 4.79 Å². The number of carbonyl (C=O) groups excluding carboxylic acids is 1. The van der Waals surface area contributed by atoms with Gasteiger partial charge in [0, 0.05) is 11.5 Å². The third-order valence-corrected chi connectivity index (χ3v) is 1.10. The van der Waals surface area contributed by atoms with E-state index in [1.807, 2.05) is 6.92 Å². The molecule has 0 N–H and O–H groups in total. The predicted molar refractivity (Wildman–Crippen MR) is 46.1 cm³/mol. The molecule has 0 amide bonds. The molecule has 0 aliphatic carbocycles. The summed E-state index contributed by atoms with van der Waals surface area (Å²) < 4.78 is 9.72. The SMILES string of the molecule is CCCOCCOC(=O)CN=[N+]=[N-]. The molecule has 0 aromatic carbocycles. The Kier molecular flexibility index (Phi) is 7.98. The van der Waals surface area contributed by atoms with Gasteiger partial charge in [0.05, 0.1) is 6.61 Å². The van der Waals surface area contributed by atoms with Crippen molar-refractivity contribution in [2.75, 3.05) is 26.4 Å². The summed E-state index contributed by atoms with van der Waals surface area (Å²) in [6.07, 6.45) is 0.937. The Morgan fingerprint density at radius 3 is 2.85 bits per heavy atom. The summed E-state index contributed by atoms with van der Waals surface area (Å²) in [7, 11) is 0. The predicted octanol–water partition coefficient (Wildman–Crippen LogP) is 1.27. The molecule has 0 atom stereocenters. The van der Waals surface area contributed by atoms with Gasteiger partial charge in [-0.2, -0.15) is 0 Å². The molecule has 0 fully saturated rings. The molecule has 13 heavy (non-hydrogen) atoms. The molecular formula is C7H13N3O3. The largest absolute Gasteiger partial charge is 0.463 e. The van der Waals surface area contributed by atoms with Crippen molar-refractivity contribution >= 4 is 5.97 Å². The minimum absolute atomic E-state index is 0.208. The minimum atomic E-state index is -0.530.